The molecular formula is C15H14ClFN2OS. The fourth-order valence-electron chi connectivity index (χ4n) is 1.75. The van der Waals surface area contributed by atoms with Crippen LogP contribution in [0, 0.1) is 12.7 Å². The second-order valence-electron chi connectivity index (χ2n) is 4.47. The van der Waals surface area contributed by atoms with Gasteiger partial charge in [-0.15, -0.1) is 11.8 Å². The number of nitrogens with two attached hydrogens (primary N) is 1. The first-order valence-electron chi connectivity index (χ1n) is 6.19. The van der Waals surface area contributed by atoms with Crippen molar-refractivity contribution in [2.45, 2.75) is 11.8 Å². The molecule has 110 valence electrons. The van der Waals surface area contributed by atoms with E-state index in [0.717, 1.165) is 5.56 Å². The molecule has 0 unspecified atom stereocenters. The summed E-state index contributed by atoms with van der Waals surface area (Å²) in [4.78, 5) is 12.5. The number of hydrogen-bond acceptors (Lipinski definition) is 3. The maximum Gasteiger partial charge on any atom is 0.234 e. The predicted molar refractivity (Wildman–Crippen MR) is 86.4 cm³/mol. The summed E-state index contributed by atoms with van der Waals surface area (Å²) in [6, 6.07) is 9.52. The topological polar surface area (TPSA) is 55.1 Å². The van der Waals surface area contributed by atoms with E-state index in [1.54, 1.807) is 24.3 Å². The summed E-state index contributed by atoms with van der Waals surface area (Å²) < 4.78 is 13.2. The Morgan fingerprint density at radius 3 is 2.86 bits per heavy atom. The molecule has 0 bridgehead atoms. The highest BCUT2D eigenvalue weighted by Crippen LogP contribution is 2.25. The number of rotatable bonds is 4. The van der Waals surface area contributed by atoms with E-state index in [9.17, 15) is 9.18 Å². The molecule has 0 saturated heterocycles. The number of nitrogens with one attached hydrogen (secondary N) is 1. The summed E-state index contributed by atoms with van der Waals surface area (Å²) in [7, 11) is 0. The highest BCUT2D eigenvalue weighted by atomic mass is 35.5. The Morgan fingerprint density at radius 1 is 1.38 bits per heavy atom. The largest absolute Gasteiger partial charge is 0.399 e. The number of halogens is 2. The zero-order chi connectivity index (χ0) is 15.4. The summed E-state index contributed by atoms with van der Waals surface area (Å²) in [5.74, 6) is -0.439. The van der Waals surface area contributed by atoms with E-state index in [1.807, 2.05) is 6.92 Å². The third-order valence-electron chi connectivity index (χ3n) is 2.81. The van der Waals surface area contributed by atoms with Crippen LogP contribution in [-0.2, 0) is 4.79 Å². The summed E-state index contributed by atoms with van der Waals surface area (Å²) in [5, 5.41) is 3.38. The molecule has 1 amide bonds. The number of carbonyl (C=O) groups excluding carboxylic acids is 1. The van der Waals surface area contributed by atoms with Gasteiger partial charge in [0.1, 0.15) is 5.82 Å². The van der Waals surface area contributed by atoms with Crippen LogP contribution in [-0.4, -0.2) is 11.7 Å². The molecule has 0 fully saturated rings. The lowest BCUT2D eigenvalue weighted by Gasteiger charge is -2.09. The maximum atomic E-state index is 13.2. The van der Waals surface area contributed by atoms with Crippen LogP contribution in [0.2, 0.25) is 5.02 Å². The number of anilines is 2. The Labute approximate surface area is 131 Å². The average molecular weight is 325 g/mol. The van der Waals surface area contributed by atoms with Gasteiger partial charge in [0.15, 0.2) is 0 Å². The van der Waals surface area contributed by atoms with Gasteiger partial charge < -0.3 is 11.1 Å². The first-order chi connectivity index (χ1) is 9.95. The van der Waals surface area contributed by atoms with Crippen molar-refractivity contribution in [2.24, 2.45) is 0 Å². The third-order valence-corrected chi connectivity index (χ3v) is 4.19. The van der Waals surface area contributed by atoms with Gasteiger partial charge in [0.25, 0.3) is 0 Å². The van der Waals surface area contributed by atoms with E-state index < -0.39 is 5.82 Å². The first-order valence-corrected chi connectivity index (χ1v) is 7.56. The molecule has 0 radical (unpaired) electrons. The Morgan fingerprint density at radius 2 is 2.14 bits per heavy atom. The molecular weight excluding hydrogens is 311 g/mol. The minimum absolute atomic E-state index is 0.162. The quantitative estimate of drug-likeness (QED) is 0.657. The highest BCUT2D eigenvalue weighted by molar-refractivity contribution is 8.00. The summed E-state index contributed by atoms with van der Waals surface area (Å²) >= 11 is 7.21. The number of benzene rings is 2. The van der Waals surface area contributed by atoms with E-state index in [1.165, 1.54) is 23.9 Å². The Balaban J connectivity index is 1.97. The molecule has 2 rings (SSSR count). The van der Waals surface area contributed by atoms with Crippen molar-refractivity contribution >= 4 is 40.6 Å². The summed E-state index contributed by atoms with van der Waals surface area (Å²) in [5.41, 5.74) is 7.38. The molecule has 2 aromatic rings. The Hall–Kier alpha value is -1.72. The standard InChI is InChI=1S/C15H14ClFN2OS/c1-9-13(16)3-2-4-14(9)19-15(20)8-21-12-6-10(17)5-11(18)7-12/h2-7H,8,18H2,1H3,(H,19,20). The normalized spacial score (nSPS) is 10.4. The monoisotopic (exact) mass is 324 g/mol. The molecule has 3 N–H and O–H groups in total. The van der Waals surface area contributed by atoms with Gasteiger partial charge in [-0.1, -0.05) is 17.7 Å². The fourth-order valence-corrected chi connectivity index (χ4v) is 2.71. The number of nitrogen functional groups attached to an aromatic ring is 1. The molecule has 3 nitrogen and oxygen atoms in total. The molecule has 0 aliphatic rings. The van der Waals surface area contributed by atoms with Gasteiger partial charge in [0, 0.05) is 21.3 Å². The van der Waals surface area contributed by atoms with E-state index in [4.69, 9.17) is 17.3 Å². The second-order valence-corrected chi connectivity index (χ2v) is 5.93. The second kappa shape index (κ2) is 6.83. The fraction of sp³-hybridized carbons (Fsp3) is 0.133. The molecule has 21 heavy (non-hydrogen) atoms. The molecule has 0 aromatic heterocycles. The van der Waals surface area contributed by atoms with Crippen LogP contribution in [0.1, 0.15) is 5.56 Å². The maximum absolute atomic E-state index is 13.2. The van der Waals surface area contributed by atoms with Gasteiger partial charge in [-0.05, 0) is 42.8 Å². The molecule has 0 spiro atoms. The third kappa shape index (κ3) is 4.37. The lowest BCUT2D eigenvalue weighted by atomic mass is 10.2. The molecule has 0 atom stereocenters. The van der Waals surface area contributed by atoms with Gasteiger partial charge in [0.2, 0.25) is 5.91 Å². The van der Waals surface area contributed by atoms with Crippen molar-refractivity contribution in [1.29, 1.82) is 0 Å². The van der Waals surface area contributed by atoms with Crippen LogP contribution in [0.25, 0.3) is 0 Å². The number of hydrogen-bond donors (Lipinski definition) is 2. The lowest BCUT2D eigenvalue weighted by Crippen LogP contribution is -2.14. The molecule has 2 aromatic carbocycles. The molecule has 0 saturated carbocycles. The van der Waals surface area contributed by atoms with Crippen molar-refractivity contribution < 1.29 is 9.18 Å². The first kappa shape index (κ1) is 15.7. The van der Waals surface area contributed by atoms with Crippen molar-refractivity contribution in [3.63, 3.8) is 0 Å². The van der Waals surface area contributed by atoms with E-state index in [0.29, 0.717) is 21.3 Å². The molecule has 0 aliphatic heterocycles. The Kier molecular flexibility index (Phi) is 5.09. The van der Waals surface area contributed by atoms with Gasteiger partial charge in [-0.3, -0.25) is 4.79 Å². The van der Waals surface area contributed by atoms with Crippen molar-refractivity contribution in [1.82, 2.24) is 0 Å². The van der Waals surface area contributed by atoms with Crippen LogP contribution in [0.4, 0.5) is 15.8 Å². The highest BCUT2D eigenvalue weighted by Gasteiger charge is 2.08. The van der Waals surface area contributed by atoms with E-state index >= 15 is 0 Å². The molecule has 0 aliphatic carbocycles. The van der Waals surface area contributed by atoms with E-state index in [2.05, 4.69) is 5.32 Å². The minimum atomic E-state index is -0.413. The van der Waals surface area contributed by atoms with Gasteiger partial charge >= 0.3 is 0 Å². The lowest BCUT2D eigenvalue weighted by molar-refractivity contribution is -0.113. The van der Waals surface area contributed by atoms with Crippen LogP contribution in [0.5, 0.6) is 0 Å². The zero-order valence-electron chi connectivity index (χ0n) is 11.3. The Bertz CT molecular complexity index is 658. The number of carbonyl (C=O) groups is 1. The van der Waals surface area contributed by atoms with Gasteiger partial charge in [0.05, 0.1) is 5.75 Å². The summed E-state index contributed by atoms with van der Waals surface area (Å²) in [6.45, 7) is 1.83. The van der Waals surface area contributed by atoms with Crippen molar-refractivity contribution in [2.75, 3.05) is 16.8 Å². The van der Waals surface area contributed by atoms with Crippen LogP contribution >= 0.6 is 23.4 Å². The van der Waals surface area contributed by atoms with Crippen LogP contribution < -0.4 is 11.1 Å². The number of thioether (sulfide) groups is 1. The van der Waals surface area contributed by atoms with Crippen LogP contribution in [0.15, 0.2) is 41.3 Å². The average Bonchev–Trinajstić information content (AvgIpc) is 2.41. The minimum Gasteiger partial charge on any atom is -0.399 e. The predicted octanol–water partition coefficient (Wildman–Crippen LogP) is 4.10. The number of amides is 1. The molecule has 0 heterocycles. The molecule has 6 heteroatoms. The smallest absolute Gasteiger partial charge is 0.234 e. The van der Waals surface area contributed by atoms with Crippen molar-refractivity contribution in [3.8, 4) is 0 Å². The van der Waals surface area contributed by atoms with E-state index in [-0.39, 0.29) is 11.7 Å². The SMILES string of the molecule is Cc1c(Cl)cccc1NC(=O)CSc1cc(N)cc(F)c1. The van der Waals surface area contributed by atoms with Crippen LogP contribution in [0.3, 0.4) is 0 Å². The van der Waals surface area contributed by atoms with Crippen molar-refractivity contribution in [3.05, 3.63) is 52.8 Å². The van der Waals surface area contributed by atoms with Gasteiger partial charge in [-0.25, -0.2) is 4.39 Å². The zero-order valence-corrected chi connectivity index (χ0v) is 12.9. The summed E-state index contributed by atoms with van der Waals surface area (Å²) in [6.07, 6.45) is 0. The van der Waals surface area contributed by atoms with Gasteiger partial charge in [-0.2, -0.15) is 0 Å².